The number of thiophene rings is 1. The van der Waals surface area contributed by atoms with E-state index in [0.717, 1.165) is 33.0 Å². The summed E-state index contributed by atoms with van der Waals surface area (Å²) in [7, 11) is 1.86. The van der Waals surface area contributed by atoms with Crippen molar-refractivity contribution in [2.24, 2.45) is 22.3 Å². The summed E-state index contributed by atoms with van der Waals surface area (Å²) in [6.07, 6.45) is 8.85. The first-order valence-electron chi connectivity index (χ1n) is 9.15. The summed E-state index contributed by atoms with van der Waals surface area (Å²) in [5.41, 5.74) is 4.45. The third-order valence-corrected chi connectivity index (χ3v) is 6.14. The van der Waals surface area contributed by atoms with E-state index in [1.165, 1.54) is 22.7 Å². The van der Waals surface area contributed by atoms with Crippen molar-refractivity contribution in [3.05, 3.63) is 68.3 Å². The summed E-state index contributed by atoms with van der Waals surface area (Å²) in [5, 5.41) is 20.3. The number of rotatable bonds is 5. The number of carbonyl (C=O) groups is 1. The van der Waals surface area contributed by atoms with Crippen LogP contribution in [-0.4, -0.2) is 33.4 Å². The molecule has 0 bridgehead atoms. The fourth-order valence-electron chi connectivity index (χ4n) is 2.82. The maximum Gasteiger partial charge on any atom is 0.261 e. The number of nitrogens with one attached hydrogen (secondary N) is 1. The van der Waals surface area contributed by atoms with Crippen LogP contribution in [0.4, 0.5) is 0 Å². The third-order valence-electron chi connectivity index (χ3n) is 4.43. The van der Waals surface area contributed by atoms with Crippen LogP contribution in [0.1, 0.15) is 32.7 Å². The highest BCUT2D eigenvalue weighted by molar-refractivity contribution is 7.12. The fourth-order valence-corrected chi connectivity index (χ4v) is 4.22. The molecule has 0 saturated heterocycles. The quantitative estimate of drug-likeness (QED) is 0.648. The van der Waals surface area contributed by atoms with Crippen molar-refractivity contribution in [2.75, 3.05) is 6.54 Å². The van der Waals surface area contributed by atoms with Crippen molar-refractivity contribution >= 4 is 45.9 Å². The van der Waals surface area contributed by atoms with Gasteiger partial charge in [0, 0.05) is 53.4 Å². The molecule has 30 heavy (non-hydrogen) atoms. The van der Waals surface area contributed by atoms with Gasteiger partial charge in [-0.1, -0.05) is 0 Å². The molecular weight excluding hydrogens is 418 g/mol. The fraction of sp³-hybridized carbons (Fsp3) is 0.200. The minimum atomic E-state index is -0.117. The minimum Gasteiger partial charge on any atom is -0.345 e. The van der Waals surface area contributed by atoms with Gasteiger partial charge in [0.05, 0.1) is 30.4 Å². The van der Waals surface area contributed by atoms with Gasteiger partial charge in [0.25, 0.3) is 5.91 Å². The van der Waals surface area contributed by atoms with Gasteiger partial charge >= 0.3 is 0 Å². The number of carbonyl (C=O) groups excluding carboxylic acids is 1. The average Bonchev–Trinajstić information content (AvgIpc) is 3.49. The largest absolute Gasteiger partial charge is 0.345 e. The number of aliphatic imine (C=N–C) groups is 1. The molecule has 3 aromatic rings. The van der Waals surface area contributed by atoms with Gasteiger partial charge in [-0.2, -0.15) is 15.3 Å². The summed E-state index contributed by atoms with van der Waals surface area (Å²) < 4.78 is 1.73. The highest BCUT2D eigenvalue weighted by Crippen LogP contribution is 2.27. The van der Waals surface area contributed by atoms with E-state index in [0.29, 0.717) is 18.0 Å². The van der Waals surface area contributed by atoms with E-state index < -0.39 is 0 Å². The Kier molecular flexibility index (Phi) is 6.05. The molecule has 0 atom stereocenters. The van der Waals surface area contributed by atoms with Gasteiger partial charge < -0.3 is 5.32 Å². The van der Waals surface area contributed by atoms with Crippen LogP contribution in [0, 0.1) is 0 Å². The summed E-state index contributed by atoms with van der Waals surface area (Å²) in [4.78, 5) is 21.9. The third kappa shape index (κ3) is 4.66. The van der Waals surface area contributed by atoms with Crippen LogP contribution in [0.3, 0.4) is 0 Å². The van der Waals surface area contributed by atoms with Crippen LogP contribution in [0.5, 0.6) is 0 Å². The number of aromatic nitrogens is 3. The number of thiazole rings is 1. The topological polar surface area (TPSA) is 96.9 Å². The number of allylic oxidation sites excluding steroid dienone is 2. The second-order valence-corrected chi connectivity index (χ2v) is 8.42. The molecular formula is C20H19N7OS2. The Balaban J connectivity index is 1.52. The van der Waals surface area contributed by atoms with E-state index in [4.69, 9.17) is 0 Å². The van der Waals surface area contributed by atoms with Gasteiger partial charge in [0.1, 0.15) is 5.01 Å². The number of hydrogen-bond acceptors (Lipinski definition) is 8. The van der Waals surface area contributed by atoms with Crippen LogP contribution in [0.2, 0.25) is 0 Å². The molecule has 4 rings (SSSR count). The van der Waals surface area contributed by atoms with Crippen molar-refractivity contribution < 1.29 is 4.79 Å². The van der Waals surface area contributed by atoms with Crippen molar-refractivity contribution in [2.45, 2.75) is 13.5 Å². The Hall–Kier alpha value is -3.24. The van der Waals surface area contributed by atoms with Gasteiger partial charge in [-0.15, -0.1) is 22.7 Å². The number of amides is 1. The molecule has 0 unspecified atom stereocenters. The van der Waals surface area contributed by atoms with Gasteiger partial charge in [0.15, 0.2) is 0 Å². The molecule has 8 nitrogen and oxygen atoms in total. The van der Waals surface area contributed by atoms with E-state index in [9.17, 15) is 4.79 Å². The van der Waals surface area contributed by atoms with Crippen LogP contribution in [-0.2, 0) is 13.6 Å². The van der Waals surface area contributed by atoms with Gasteiger partial charge in [-0.05, 0) is 23.9 Å². The number of hydrogen-bond donors (Lipinski definition) is 1. The van der Waals surface area contributed by atoms with Crippen LogP contribution >= 0.6 is 22.7 Å². The van der Waals surface area contributed by atoms with Gasteiger partial charge in [-0.25, -0.2) is 4.98 Å². The van der Waals surface area contributed by atoms with E-state index >= 15 is 0 Å². The maximum absolute atomic E-state index is 12.5. The van der Waals surface area contributed by atoms with Crippen LogP contribution in [0.15, 0.2) is 62.5 Å². The van der Waals surface area contributed by atoms with Crippen LogP contribution < -0.4 is 5.32 Å². The van der Waals surface area contributed by atoms with E-state index in [-0.39, 0.29) is 5.91 Å². The maximum atomic E-state index is 12.5. The molecule has 0 saturated carbocycles. The Bertz CT molecular complexity index is 1170. The molecule has 0 aliphatic carbocycles. The first kappa shape index (κ1) is 20.0. The number of azo groups is 1. The van der Waals surface area contributed by atoms with Crippen molar-refractivity contribution in [3.63, 3.8) is 0 Å². The highest BCUT2D eigenvalue weighted by atomic mass is 32.1. The second-order valence-electron chi connectivity index (χ2n) is 6.53. The molecule has 4 heterocycles. The zero-order chi connectivity index (χ0) is 20.9. The SMILES string of the molecule is CC1=C(c2csc(C(=O)NCc3nccs3)c2)CN=N/C=C(\c2cnn(C)c2)C=N1. The lowest BCUT2D eigenvalue weighted by Crippen LogP contribution is -2.21. The Morgan fingerprint density at radius 3 is 2.97 bits per heavy atom. The zero-order valence-corrected chi connectivity index (χ0v) is 18.1. The smallest absolute Gasteiger partial charge is 0.261 e. The summed E-state index contributed by atoms with van der Waals surface area (Å²) in [5.74, 6) is -0.117. The minimum absolute atomic E-state index is 0.117. The molecule has 0 spiro atoms. The zero-order valence-electron chi connectivity index (χ0n) is 16.4. The number of nitrogens with zero attached hydrogens (tertiary/aromatic N) is 6. The predicted molar refractivity (Wildman–Crippen MR) is 120 cm³/mol. The Morgan fingerprint density at radius 2 is 2.20 bits per heavy atom. The average molecular weight is 438 g/mol. The predicted octanol–water partition coefficient (Wildman–Crippen LogP) is 4.18. The van der Waals surface area contributed by atoms with Crippen molar-refractivity contribution in [3.8, 4) is 0 Å². The van der Waals surface area contributed by atoms with E-state index in [2.05, 4.69) is 30.6 Å². The highest BCUT2D eigenvalue weighted by Gasteiger charge is 2.14. The van der Waals surface area contributed by atoms with Gasteiger partial charge in [0.2, 0.25) is 0 Å². The molecule has 152 valence electrons. The molecule has 1 amide bonds. The molecule has 10 heteroatoms. The summed E-state index contributed by atoms with van der Waals surface area (Å²) >= 11 is 2.91. The molecule has 1 N–H and O–H groups in total. The normalized spacial score (nSPS) is 16.0. The molecule has 0 fully saturated rings. The Labute approximate surface area is 181 Å². The lowest BCUT2D eigenvalue weighted by Gasteiger charge is -2.04. The van der Waals surface area contributed by atoms with E-state index in [1.807, 2.05) is 37.0 Å². The molecule has 1 aliphatic heterocycles. The lowest BCUT2D eigenvalue weighted by atomic mass is 10.1. The van der Waals surface area contributed by atoms with Crippen molar-refractivity contribution in [1.82, 2.24) is 20.1 Å². The first-order chi connectivity index (χ1) is 14.6. The number of aryl methyl sites for hydroxylation is 1. The first-order valence-corrected chi connectivity index (χ1v) is 10.9. The molecule has 0 aromatic carbocycles. The van der Waals surface area contributed by atoms with Crippen molar-refractivity contribution in [1.29, 1.82) is 0 Å². The Morgan fingerprint density at radius 1 is 1.30 bits per heavy atom. The van der Waals surface area contributed by atoms with Crippen LogP contribution in [0.25, 0.3) is 11.1 Å². The second kappa shape index (κ2) is 9.06. The molecule has 0 radical (unpaired) electrons. The molecule has 3 aromatic heterocycles. The molecule has 1 aliphatic rings. The van der Waals surface area contributed by atoms with Gasteiger partial charge in [-0.3, -0.25) is 14.5 Å². The lowest BCUT2D eigenvalue weighted by molar-refractivity contribution is 0.0955. The summed E-state index contributed by atoms with van der Waals surface area (Å²) in [6, 6.07) is 1.87. The summed E-state index contributed by atoms with van der Waals surface area (Å²) in [6.45, 7) is 2.75. The standard InChI is InChI=1S/C20H19N7OS2/c1-13-17(9-25-24-7-15(6-22-13)16-8-26-27(2)11-16)14-5-18(30-12-14)20(28)23-10-19-21-3-4-29-19/h3-8,11-12H,9-10H2,1-2H3,(H,23,28)/b15-7-,17-13?,22-6?,25-24?. The van der Waals surface area contributed by atoms with E-state index in [1.54, 1.807) is 29.5 Å². The monoisotopic (exact) mass is 437 g/mol.